The van der Waals surface area contributed by atoms with Gasteiger partial charge in [0.2, 0.25) is 11.9 Å². The molecule has 0 aliphatic carbocycles. The summed E-state index contributed by atoms with van der Waals surface area (Å²) in [7, 11) is 0. The third-order valence-electron chi connectivity index (χ3n) is 9.73. The third-order valence-corrected chi connectivity index (χ3v) is 10.1. The number of ether oxygens (including phenoxy) is 2. The van der Waals surface area contributed by atoms with Gasteiger partial charge in [-0.1, -0.05) is 26.7 Å². The molecule has 0 fully saturated rings. The molecule has 400 valence electrons. The fourth-order valence-electron chi connectivity index (χ4n) is 6.18. The second-order valence-corrected chi connectivity index (χ2v) is 15.2. The van der Waals surface area contributed by atoms with Crippen LogP contribution in [0.25, 0.3) is 0 Å². The van der Waals surface area contributed by atoms with E-state index in [0.29, 0.717) is 83.6 Å². The number of unbranched alkanes of at least 4 members (excludes halogenated alkanes) is 4. The highest BCUT2D eigenvalue weighted by molar-refractivity contribution is 6.18. The minimum atomic E-state index is -0.384. The van der Waals surface area contributed by atoms with Crippen LogP contribution >= 0.6 is 48.0 Å². The van der Waals surface area contributed by atoms with E-state index in [1.54, 1.807) is 62.4 Å². The molecule has 0 amide bonds. The number of anilines is 6. The molecule has 27 heteroatoms. The van der Waals surface area contributed by atoms with E-state index in [0.717, 1.165) is 77.8 Å². The van der Waals surface area contributed by atoms with Gasteiger partial charge in [-0.15, -0.1) is 58.2 Å². The van der Waals surface area contributed by atoms with Crippen molar-refractivity contribution in [2.45, 2.75) is 66.2 Å². The van der Waals surface area contributed by atoms with E-state index in [-0.39, 0.29) is 76.7 Å². The maximum Gasteiger partial charge on any atom is 0.338 e. The van der Waals surface area contributed by atoms with Gasteiger partial charge in [0.25, 0.3) is 0 Å². The number of azo groups is 2. The first kappa shape index (κ1) is 69.8. The van der Waals surface area contributed by atoms with Gasteiger partial charge in [0.1, 0.15) is 0 Å². The van der Waals surface area contributed by atoms with Crippen molar-refractivity contribution in [1.82, 2.24) is 29.7 Å². The summed E-state index contributed by atoms with van der Waals surface area (Å²) in [5.74, 6) is 1.80. The number of nitrogens with two attached hydrogens (primary N) is 4. The Morgan fingerprint density at radius 3 is 1.20 bits per heavy atom. The van der Waals surface area contributed by atoms with Gasteiger partial charge in [-0.2, -0.15) is 30.2 Å². The first-order valence-corrected chi connectivity index (χ1v) is 23.3. The Labute approximate surface area is 438 Å². The quantitative estimate of drug-likeness (QED) is 0.0143. The minimum absolute atomic E-state index is 0. The molecular formula is C44H74Cl4N16O7. The molecule has 2 aromatic carbocycles. The van der Waals surface area contributed by atoms with Gasteiger partial charge in [-0.05, 0) is 114 Å². The number of hydrogen-bond donors (Lipinski definition) is 6. The number of rotatable bonds is 28. The van der Waals surface area contributed by atoms with Crippen molar-refractivity contribution in [3.05, 3.63) is 59.7 Å². The van der Waals surface area contributed by atoms with Gasteiger partial charge in [0.15, 0.2) is 34.6 Å². The number of carbonyl (C=O) groups excluding carboxylic acids is 2. The molecule has 0 bridgehead atoms. The molecule has 0 spiro atoms. The predicted molar refractivity (Wildman–Crippen MR) is 291 cm³/mol. The summed E-state index contributed by atoms with van der Waals surface area (Å²) in [6.45, 7) is 15.7. The molecule has 71 heavy (non-hydrogen) atoms. The van der Waals surface area contributed by atoms with Crippen LogP contribution in [0.3, 0.4) is 0 Å². The van der Waals surface area contributed by atoms with E-state index in [9.17, 15) is 9.59 Å². The summed E-state index contributed by atoms with van der Waals surface area (Å²) in [4.78, 5) is 44.6. The zero-order valence-corrected chi connectivity index (χ0v) is 44.0. The highest BCUT2D eigenvalue weighted by Gasteiger charge is 2.14. The molecule has 16 N–H and O–H groups in total. The molecule has 2 aromatic heterocycles. The Morgan fingerprint density at radius 1 is 0.535 bits per heavy atom. The molecular weight excluding hydrogens is 1010 g/mol. The summed E-state index contributed by atoms with van der Waals surface area (Å²) in [5, 5.41) is 23.3. The van der Waals surface area contributed by atoms with E-state index in [4.69, 9.17) is 55.6 Å². The van der Waals surface area contributed by atoms with Gasteiger partial charge in [0.05, 0.1) is 35.7 Å². The highest BCUT2D eigenvalue weighted by atomic mass is 35.5. The standard InChI is InChI=1S/2C22H33ClN8O2.2ClH.3H2O/c2*1-3-31(15-12-23)14-7-5-6-13-26-20-18(19(24)27-22(25)28-20)30-29-17-10-8-16(9-11-17)21(32)33-4-2;;;;;/h2*8-11H,3-7,12-15H2,1-2H3,(H5,24,25,26,27,28);2*1H;3*1H2. The molecule has 0 aliphatic heterocycles. The number of esters is 2. The number of aromatic nitrogens is 4. The lowest BCUT2D eigenvalue weighted by Crippen LogP contribution is -2.26. The van der Waals surface area contributed by atoms with E-state index in [1.807, 2.05) is 0 Å². The summed E-state index contributed by atoms with van der Waals surface area (Å²) in [5.41, 5.74) is 26.1. The number of benzene rings is 2. The number of halogens is 4. The summed E-state index contributed by atoms with van der Waals surface area (Å²) in [6.07, 6.45) is 6.21. The predicted octanol–water partition coefficient (Wildman–Crippen LogP) is 7.12. The van der Waals surface area contributed by atoms with Crippen molar-refractivity contribution in [2.75, 3.05) is 111 Å². The Bertz CT molecular complexity index is 1990. The number of hydrogen-bond acceptors (Lipinski definition) is 20. The van der Waals surface area contributed by atoms with Crippen LogP contribution in [0.15, 0.2) is 69.0 Å². The van der Waals surface area contributed by atoms with Gasteiger partial charge in [0, 0.05) is 37.9 Å². The molecule has 4 aromatic rings. The number of nitrogens with one attached hydrogen (secondary N) is 2. The van der Waals surface area contributed by atoms with Crippen LogP contribution in [0, 0.1) is 0 Å². The van der Waals surface area contributed by atoms with E-state index in [2.05, 4.69) is 74.7 Å². The Kier molecular flexibility index (Phi) is 39.4. The molecule has 0 saturated heterocycles. The smallest absolute Gasteiger partial charge is 0.338 e. The Balaban J connectivity index is -0.00000122. The number of alkyl halides is 2. The second kappa shape index (κ2) is 40.1. The average molecular weight is 1080 g/mol. The van der Waals surface area contributed by atoms with Crippen molar-refractivity contribution in [3.8, 4) is 0 Å². The molecule has 0 saturated carbocycles. The molecule has 4 rings (SSSR count). The maximum absolute atomic E-state index is 11.8. The topological polar surface area (TPSA) is 383 Å². The van der Waals surface area contributed by atoms with Gasteiger partial charge < -0.3 is 69.3 Å². The third kappa shape index (κ3) is 26.0. The number of nitrogen functional groups attached to an aromatic ring is 4. The van der Waals surface area contributed by atoms with Crippen LogP contribution < -0.4 is 33.6 Å². The summed E-state index contributed by atoms with van der Waals surface area (Å²) < 4.78 is 9.95. The lowest BCUT2D eigenvalue weighted by atomic mass is 10.2. The van der Waals surface area contributed by atoms with E-state index >= 15 is 0 Å². The van der Waals surface area contributed by atoms with Crippen molar-refractivity contribution in [3.63, 3.8) is 0 Å². The SMILES string of the molecule is CCOC(=O)c1ccc(N=Nc2c(N)nc(N)nc2NCCCCCN(CC)CCCl)cc1.CCOC(=O)c1ccc(N=Nc2c(N)nc(N)nc2NCCCCCN(CC)CCCl)cc1.Cl.Cl.O.O.O. The molecule has 0 atom stereocenters. The maximum atomic E-state index is 11.8. The number of carbonyl (C=O) groups is 2. The van der Waals surface area contributed by atoms with Gasteiger partial charge in [-0.3, -0.25) is 0 Å². The molecule has 23 nitrogen and oxygen atoms in total. The van der Waals surface area contributed by atoms with E-state index < -0.39 is 0 Å². The fraction of sp³-hybridized carbons (Fsp3) is 0.500. The monoisotopic (exact) mass is 1080 g/mol. The molecule has 0 radical (unpaired) electrons. The van der Waals surface area contributed by atoms with Crippen LogP contribution in [-0.4, -0.2) is 135 Å². The normalized spacial score (nSPS) is 10.5. The van der Waals surface area contributed by atoms with Gasteiger partial charge in [-0.25, -0.2) is 9.59 Å². The van der Waals surface area contributed by atoms with Crippen molar-refractivity contribution < 1.29 is 35.5 Å². The van der Waals surface area contributed by atoms with Crippen molar-refractivity contribution in [2.24, 2.45) is 20.5 Å². The largest absolute Gasteiger partial charge is 0.462 e. The fourth-order valence-corrected chi connectivity index (χ4v) is 6.66. The van der Waals surface area contributed by atoms with E-state index in [1.165, 1.54) is 0 Å². The van der Waals surface area contributed by atoms with Crippen molar-refractivity contribution >= 4 is 118 Å². The molecule has 0 aliphatic rings. The molecule has 0 unspecified atom stereocenters. The van der Waals surface area contributed by atoms with Crippen LogP contribution in [0.4, 0.5) is 57.9 Å². The Morgan fingerprint density at radius 2 is 0.887 bits per heavy atom. The zero-order valence-electron chi connectivity index (χ0n) is 40.8. The average Bonchev–Trinajstić information content (AvgIpc) is 3.30. The van der Waals surface area contributed by atoms with Crippen LogP contribution in [-0.2, 0) is 9.47 Å². The lowest BCUT2D eigenvalue weighted by Gasteiger charge is -2.18. The number of nitrogens with zero attached hydrogens (tertiary/aromatic N) is 10. The minimum Gasteiger partial charge on any atom is -0.462 e. The first-order valence-electron chi connectivity index (χ1n) is 22.2. The van der Waals surface area contributed by atoms with Crippen LogP contribution in [0.1, 0.15) is 86.9 Å². The zero-order chi connectivity index (χ0) is 48.1. The van der Waals surface area contributed by atoms with Crippen molar-refractivity contribution in [1.29, 1.82) is 0 Å². The summed E-state index contributed by atoms with van der Waals surface area (Å²) in [6, 6.07) is 13.2. The Hall–Kier alpha value is -5.50. The molecule has 2 heterocycles. The summed E-state index contributed by atoms with van der Waals surface area (Å²) >= 11 is 11.6. The van der Waals surface area contributed by atoms with Crippen LogP contribution in [0.5, 0.6) is 0 Å². The lowest BCUT2D eigenvalue weighted by molar-refractivity contribution is 0.0517. The van der Waals surface area contributed by atoms with Crippen LogP contribution in [0.2, 0.25) is 0 Å². The van der Waals surface area contributed by atoms with Gasteiger partial charge >= 0.3 is 11.9 Å². The second-order valence-electron chi connectivity index (χ2n) is 14.5. The highest BCUT2D eigenvalue weighted by Crippen LogP contribution is 2.32. The first-order chi connectivity index (χ1) is 32.0.